The molecule has 0 aliphatic carbocycles. The Morgan fingerprint density at radius 3 is 1.19 bits per heavy atom. The monoisotopic (exact) mass is 848 g/mol. The minimum atomic E-state index is 0. The van der Waals surface area contributed by atoms with E-state index >= 15 is 0 Å². The van der Waals surface area contributed by atoms with Gasteiger partial charge in [-0.05, 0) is 60.1 Å². The Morgan fingerprint density at radius 2 is 0.896 bits per heavy atom. The molecule has 0 amide bonds. The van der Waals surface area contributed by atoms with Gasteiger partial charge in [0.15, 0.2) is 0 Å². The minimum absolute atomic E-state index is 0. The summed E-state index contributed by atoms with van der Waals surface area (Å²) >= 11 is 0. The van der Waals surface area contributed by atoms with Crippen molar-refractivity contribution in [1.82, 2.24) is 0 Å². The normalized spacial score (nSPS) is 10.2. The van der Waals surface area contributed by atoms with Gasteiger partial charge in [-0.3, -0.25) is 0 Å². The van der Waals surface area contributed by atoms with Crippen molar-refractivity contribution >= 4 is 46.4 Å². The number of ether oxygens (including phenoxy) is 2. The van der Waals surface area contributed by atoms with Gasteiger partial charge in [-0.25, -0.2) is 0 Å². The predicted octanol–water partition coefficient (Wildman–Crippen LogP) is 12.8. The molecule has 6 aromatic carbocycles. The first kappa shape index (κ1) is 43.2. The Bertz CT molecular complexity index is 1630. The summed E-state index contributed by atoms with van der Waals surface area (Å²) in [6.07, 6.45) is 3.02. The SMILES string of the molecule is COc1ccc(-c2cccc3[cH-]c(CC(C)C)cc23)cc1.COc1ccc(-c2cccc3[cH-]c(CC(C)C)cc23)cc1.Cl.Cl.[CH2-]C[CH2-].[Hf+4]. The first-order valence-corrected chi connectivity index (χ1v) is 16.0. The molecule has 6 aromatic rings. The zero-order valence-corrected chi connectivity index (χ0v) is 34.4. The third kappa shape index (κ3) is 11.6. The van der Waals surface area contributed by atoms with Crippen molar-refractivity contribution in [3.05, 3.63) is 134 Å². The molecule has 0 bridgehead atoms. The zero-order chi connectivity index (χ0) is 32.3. The number of methoxy groups -OCH3 is 2. The predicted molar refractivity (Wildman–Crippen MR) is 210 cm³/mol. The molecule has 252 valence electrons. The maximum Gasteiger partial charge on any atom is 4.00 e. The number of hydrogen-bond acceptors (Lipinski definition) is 2. The molecule has 5 heteroatoms. The van der Waals surface area contributed by atoms with Crippen LogP contribution >= 0.6 is 24.8 Å². The molecule has 0 saturated heterocycles. The van der Waals surface area contributed by atoms with Crippen LogP contribution in [0.15, 0.2) is 109 Å². The van der Waals surface area contributed by atoms with Crippen LogP contribution in [0.2, 0.25) is 0 Å². The molecule has 0 aromatic heterocycles. The first-order valence-electron chi connectivity index (χ1n) is 16.0. The van der Waals surface area contributed by atoms with Crippen molar-refractivity contribution in [1.29, 1.82) is 0 Å². The molecule has 0 unspecified atom stereocenters. The Labute approximate surface area is 320 Å². The van der Waals surface area contributed by atoms with E-state index in [-0.39, 0.29) is 50.7 Å². The standard InChI is InChI=1S/2C20H21O.C3H6.2ClH.Hf/c2*1-14(2)11-15-12-17-5-4-6-19(20(17)13-15)16-7-9-18(21-3)10-8-16;1-3-2;;;/h2*4-10,12-14H,11H2,1-3H3;1-3H2;2*1H;/q2*-1;-2;;;+4. The van der Waals surface area contributed by atoms with Crippen molar-refractivity contribution in [2.45, 2.75) is 47.0 Å². The summed E-state index contributed by atoms with van der Waals surface area (Å²) < 4.78 is 10.5. The van der Waals surface area contributed by atoms with Crippen molar-refractivity contribution in [3.8, 4) is 33.8 Å². The maximum absolute atomic E-state index is 5.24. The van der Waals surface area contributed by atoms with Gasteiger partial charge in [0.1, 0.15) is 11.5 Å². The fraction of sp³-hybridized carbons (Fsp3) is 0.256. The summed E-state index contributed by atoms with van der Waals surface area (Å²) in [5, 5.41) is 5.36. The quantitative estimate of drug-likeness (QED) is 0.112. The van der Waals surface area contributed by atoms with Gasteiger partial charge in [-0.1, -0.05) is 75.2 Å². The van der Waals surface area contributed by atoms with Gasteiger partial charge in [0, 0.05) is 0 Å². The Hall–Kier alpha value is -2.85. The smallest absolute Gasteiger partial charge is 0.497 e. The van der Waals surface area contributed by atoms with E-state index in [0.29, 0.717) is 11.8 Å². The molecule has 0 fully saturated rings. The average molecular weight is 848 g/mol. The molecular formula is C43H50Cl2HfO2. The molecule has 0 spiro atoms. The Balaban J connectivity index is 0.000000420. The van der Waals surface area contributed by atoms with Crippen molar-refractivity contribution in [2.75, 3.05) is 14.2 Å². The number of benzene rings is 4. The molecule has 48 heavy (non-hydrogen) atoms. The van der Waals surface area contributed by atoms with Crippen molar-refractivity contribution in [3.63, 3.8) is 0 Å². The molecule has 0 atom stereocenters. The van der Waals surface area contributed by atoms with E-state index in [0.717, 1.165) is 30.8 Å². The molecule has 2 nitrogen and oxygen atoms in total. The van der Waals surface area contributed by atoms with Crippen LogP contribution in [0.1, 0.15) is 45.2 Å². The van der Waals surface area contributed by atoms with Crippen molar-refractivity contribution < 1.29 is 35.3 Å². The van der Waals surface area contributed by atoms with Crippen LogP contribution in [0, 0.1) is 25.7 Å². The summed E-state index contributed by atoms with van der Waals surface area (Å²) in [4.78, 5) is 0. The van der Waals surface area contributed by atoms with E-state index in [1.807, 2.05) is 24.3 Å². The summed E-state index contributed by atoms with van der Waals surface area (Å²) in [5.41, 5.74) is 7.93. The average Bonchev–Trinajstić information content (AvgIpc) is 3.64. The molecule has 0 N–H and O–H groups in total. The van der Waals surface area contributed by atoms with Crippen LogP contribution < -0.4 is 9.47 Å². The second kappa shape index (κ2) is 21.3. The third-order valence-electron chi connectivity index (χ3n) is 7.71. The summed E-state index contributed by atoms with van der Waals surface area (Å²) in [6, 6.07) is 39.0. The molecule has 6 rings (SSSR count). The van der Waals surface area contributed by atoms with Gasteiger partial charge >= 0.3 is 25.8 Å². The van der Waals surface area contributed by atoms with Gasteiger partial charge in [0.25, 0.3) is 0 Å². The molecule has 0 aliphatic heterocycles. The number of halogens is 2. The van der Waals surface area contributed by atoms with Crippen molar-refractivity contribution in [2.24, 2.45) is 11.8 Å². The molecular weight excluding hydrogens is 798 g/mol. The molecule has 0 aliphatic rings. The first-order chi connectivity index (χ1) is 21.8. The van der Waals surface area contributed by atoms with E-state index in [4.69, 9.17) is 9.47 Å². The molecule has 0 saturated carbocycles. The van der Waals surface area contributed by atoms with Crippen LogP contribution in [0.4, 0.5) is 0 Å². The van der Waals surface area contributed by atoms with Crippen LogP contribution in [-0.2, 0) is 38.7 Å². The van der Waals surface area contributed by atoms with E-state index in [2.05, 4.69) is 126 Å². The minimum Gasteiger partial charge on any atom is -0.497 e. The van der Waals surface area contributed by atoms with E-state index in [1.54, 1.807) is 14.2 Å². The molecule has 0 radical (unpaired) electrons. The second-order valence-corrected chi connectivity index (χ2v) is 12.4. The van der Waals surface area contributed by atoms with E-state index < -0.39 is 0 Å². The van der Waals surface area contributed by atoms with E-state index in [9.17, 15) is 0 Å². The van der Waals surface area contributed by atoms with Crippen LogP contribution in [0.5, 0.6) is 11.5 Å². The van der Waals surface area contributed by atoms with E-state index in [1.165, 1.54) is 54.9 Å². The largest absolute Gasteiger partial charge is 4.00 e. The summed E-state index contributed by atoms with van der Waals surface area (Å²) in [7, 11) is 3.40. The van der Waals surface area contributed by atoms with Gasteiger partial charge in [0.05, 0.1) is 14.2 Å². The third-order valence-corrected chi connectivity index (χ3v) is 7.71. The van der Waals surface area contributed by atoms with Crippen LogP contribution in [-0.4, -0.2) is 14.2 Å². The fourth-order valence-electron chi connectivity index (χ4n) is 5.82. The second-order valence-electron chi connectivity index (χ2n) is 12.4. The Morgan fingerprint density at radius 1 is 0.562 bits per heavy atom. The Kier molecular flexibility index (Phi) is 19.1. The van der Waals surface area contributed by atoms with Gasteiger partial charge in [-0.2, -0.15) is 12.1 Å². The maximum atomic E-state index is 5.24. The van der Waals surface area contributed by atoms with Gasteiger partial charge < -0.3 is 29.7 Å². The summed E-state index contributed by atoms with van der Waals surface area (Å²) in [6.45, 7) is 15.8. The summed E-state index contributed by atoms with van der Waals surface area (Å²) in [5.74, 6) is 3.17. The van der Waals surface area contributed by atoms with Crippen LogP contribution in [0.25, 0.3) is 43.8 Å². The van der Waals surface area contributed by atoms with Crippen LogP contribution in [0.3, 0.4) is 0 Å². The van der Waals surface area contributed by atoms with Gasteiger partial charge in [0.2, 0.25) is 0 Å². The number of fused-ring (bicyclic) bond motifs is 2. The fourth-order valence-corrected chi connectivity index (χ4v) is 5.82. The topological polar surface area (TPSA) is 18.5 Å². The number of hydrogen-bond donors (Lipinski definition) is 0. The van der Waals surface area contributed by atoms with Gasteiger partial charge in [-0.15, -0.1) is 93.9 Å². The zero-order valence-electron chi connectivity index (χ0n) is 29.2. The number of rotatable bonds is 8. The molecule has 0 heterocycles.